The monoisotopic (exact) mass is 341 g/mol. The van der Waals surface area contributed by atoms with Crippen LogP contribution in [0.2, 0.25) is 18.1 Å². The zero-order valence-corrected chi connectivity index (χ0v) is 16.9. The van der Waals surface area contributed by atoms with Crippen LogP contribution in [0.4, 0.5) is 0 Å². The molecule has 1 aliphatic rings. The number of hydrogen-bond donors (Lipinski definition) is 0. The van der Waals surface area contributed by atoms with Gasteiger partial charge in [-0.1, -0.05) is 33.8 Å². The van der Waals surface area contributed by atoms with E-state index in [1.165, 1.54) is 0 Å². The molecular weight excluding hydrogens is 306 g/mol. The van der Waals surface area contributed by atoms with Crippen LogP contribution in [0, 0.1) is 5.92 Å². The maximum Gasteiger partial charge on any atom is 0.246 e. The molecule has 4 nitrogen and oxygen atoms in total. The van der Waals surface area contributed by atoms with Gasteiger partial charge in [-0.05, 0) is 43.0 Å². The molecule has 23 heavy (non-hydrogen) atoms. The number of ether oxygens (including phenoxy) is 1. The maximum atomic E-state index is 12.0. The molecule has 0 unspecified atom stereocenters. The van der Waals surface area contributed by atoms with Gasteiger partial charge in [-0.3, -0.25) is 4.79 Å². The molecule has 0 radical (unpaired) electrons. The Morgan fingerprint density at radius 2 is 1.91 bits per heavy atom. The van der Waals surface area contributed by atoms with Crippen molar-refractivity contribution in [2.24, 2.45) is 5.92 Å². The van der Waals surface area contributed by atoms with Crippen LogP contribution in [-0.4, -0.2) is 52.0 Å². The van der Waals surface area contributed by atoms with Crippen molar-refractivity contribution in [3.63, 3.8) is 0 Å². The van der Waals surface area contributed by atoms with Crippen molar-refractivity contribution >= 4 is 14.2 Å². The zero-order valence-electron chi connectivity index (χ0n) is 15.9. The second kappa shape index (κ2) is 8.99. The predicted octanol–water partition coefficient (Wildman–Crippen LogP) is 3.84. The summed E-state index contributed by atoms with van der Waals surface area (Å²) in [4.78, 5) is 13.9. The molecule has 0 aromatic carbocycles. The highest BCUT2D eigenvalue weighted by Crippen LogP contribution is 2.36. The summed E-state index contributed by atoms with van der Waals surface area (Å²) in [7, 11) is -1.63. The first-order valence-corrected chi connectivity index (χ1v) is 11.7. The average molecular weight is 342 g/mol. The van der Waals surface area contributed by atoms with Gasteiger partial charge in [-0.25, -0.2) is 0 Å². The maximum absolute atomic E-state index is 12.0. The van der Waals surface area contributed by atoms with E-state index in [-0.39, 0.29) is 10.9 Å². The van der Waals surface area contributed by atoms with Gasteiger partial charge >= 0.3 is 0 Å². The summed E-state index contributed by atoms with van der Waals surface area (Å²) in [6.45, 7) is 17.1. The smallest absolute Gasteiger partial charge is 0.246 e. The number of carbonyl (C=O) groups is 1. The first kappa shape index (κ1) is 20.4. The fourth-order valence-corrected chi connectivity index (χ4v) is 3.27. The van der Waals surface area contributed by atoms with E-state index < -0.39 is 8.32 Å². The highest BCUT2D eigenvalue weighted by molar-refractivity contribution is 6.74. The summed E-state index contributed by atoms with van der Waals surface area (Å²) >= 11 is 0. The molecule has 0 bridgehead atoms. The molecule has 0 aromatic heterocycles. The van der Waals surface area contributed by atoms with E-state index in [4.69, 9.17) is 9.16 Å². The van der Waals surface area contributed by atoms with Gasteiger partial charge in [-0.2, -0.15) is 0 Å². The van der Waals surface area contributed by atoms with Gasteiger partial charge in [0.2, 0.25) is 5.91 Å². The van der Waals surface area contributed by atoms with Crippen LogP contribution in [0.1, 0.15) is 40.5 Å². The van der Waals surface area contributed by atoms with Crippen molar-refractivity contribution < 1.29 is 14.0 Å². The standard InChI is InChI=1S/C18H35NO3Si/c1-16(8-7-13-22-23(5,6)18(2,3)4)9-10-17(20)19-11-14-21-15-12-19/h9-10,16H,7-8,11-15H2,1-6H3/b10-9+/t16-/m0/s1. The lowest BCUT2D eigenvalue weighted by atomic mass is 10.1. The average Bonchev–Trinajstić information content (AvgIpc) is 2.49. The van der Waals surface area contributed by atoms with Gasteiger partial charge in [0.25, 0.3) is 0 Å². The minimum atomic E-state index is -1.63. The molecule has 1 amide bonds. The molecule has 1 aliphatic heterocycles. The van der Waals surface area contributed by atoms with Gasteiger partial charge in [0.15, 0.2) is 8.32 Å². The third-order valence-electron chi connectivity index (χ3n) is 4.96. The largest absolute Gasteiger partial charge is 0.417 e. The van der Waals surface area contributed by atoms with Crippen LogP contribution < -0.4 is 0 Å². The summed E-state index contributed by atoms with van der Waals surface area (Å²) < 4.78 is 11.5. The van der Waals surface area contributed by atoms with E-state index in [0.29, 0.717) is 32.2 Å². The molecule has 0 N–H and O–H groups in total. The van der Waals surface area contributed by atoms with Gasteiger partial charge in [0, 0.05) is 19.7 Å². The highest BCUT2D eigenvalue weighted by atomic mass is 28.4. The first-order valence-electron chi connectivity index (χ1n) is 8.82. The Kier molecular flexibility index (Phi) is 7.97. The third-order valence-corrected chi connectivity index (χ3v) is 9.50. The predicted molar refractivity (Wildman–Crippen MR) is 98.1 cm³/mol. The molecule has 0 saturated carbocycles. The normalized spacial score (nSPS) is 18.4. The van der Waals surface area contributed by atoms with E-state index in [0.717, 1.165) is 19.4 Å². The van der Waals surface area contributed by atoms with E-state index in [9.17, 15) is 4.79 Å². The molecule has 5 heteroatoms. The number of allylic oxidation sites excluding steroid dienone is 1. The molecular formula is C18H35NO3Si. The fraction of sp³-hybridized carbons (Fsp3) is 0.833. The highest BCUT2D eigenvalue weighted by Gasteiger charge is 2.36. The van der Waals surface area contributed by atoms with E-state index >= 15 is 0 Å². The van der Waals surface area contributed by atoms with E-state index in [1.807, 2.05) is 11.0 Å². The number of rotatable bonds is 7. The molecule has 1 saturated heterocycles. The number of carbonyl (C=O) groups excluding carboxylic acids is 1. The molecule has 0 spiro atoms. The van der Waals surface area contributed by atoms with Crippen molar-refractivity contribution in [1.29, 1.82) is 0 Å². The van der Waals surface area contributed by atoms with Crippen molar-refractivity contribution in [3.8, 4) is 0 Å². The summed E-state index contributed by atoms with van der Waals surface area (Å²) in [5, 5.41) is 0.267. The van der Waals surface area contributed by atoms with Gasteiger partial charge < -0.3 is 14.1 Å². The SMILES string of the molecule is C[C@H](/C=C/C(=O)N1CCOCC1)CCCO[Si](C)(C)C(C)(C)C. The lowest BCUT2D eigenvalue weighted by Gasteiger charge is -2.36. The summed E-state index contributed by atoms with van der Waals surface area (Å²) in [5.74, 6) is 0.515. The fourth-order valence-electron chi connectivity index (χ4n) is 2.18. The molecule has 0 aliphatic carbocycles. The summed E-state index contributed by atoms with van der Waals surface area (Å²) in [6.07, 6.45) is 5.86. The summed E-state index contributed by atoms with van der Waals surface area (Å²) in [6, 6.07) is 0. The van der Waals surface area contributed by atoms with Crippen molar-refractivity contribution in [3.05, 3.63) is 12.2 Å². The second-order valence-electron chi connectivity index (χ2n) is 8.03. The Morgan fingerprint density at radius 3 is 2.48 bits per heavy atom. The Balaban J connectivity index is 2.25. The zero-order chi connectivity index (χ0) is 17.5. The molecule has 1 fully saturated rings. The molecule has 1 atom stereocenters. The van der Waals surface area contributed by atoms with Crippen LogP contribution in [0.5, 0.6) is 0 Å². The Bertz CT molecular complexity index is 396. The minimum absolute atomic E-state index is 0.109. The lowest BCUT2D eigenvalue weighted by molar-refractivity contribution is -0.130. The quantitative estimate of drug-likeness (QED) is 0.401. The molecule has 0 aromatic rings. The Morgan fingerprint density at radius 1 is 1.30 bits per heavy atom. The summed E-state index contributed by atoms with van der Waals surface area (Å²) in [5.41, 5.74) is 0. The van der Waals surface area contributed by atoms with Gasteiger partial charge in [0.1, 0.15) is 0 Å². The Labute approximate surface area is 143 Å². The van der Waals surface area contributed by atoms with Crippen molar-refractivity contribution in [2.45, 2.75) is 58.7 Å². The van der Waals surface area contributed by atoms with E-state index in [2.05, 4.69) is 40.8 Å². The van der Waals surface area contributed by atoms with Crippen LogP contribution in [0.25, 0.3) is 0 Å². The first-order chi connectivity index (χ1) is 10.6. The Hall–Kier alpha value is -0.653. The number of amides is 1. The molecule has 134 valence electrons. The van der Waals surface area contributed by atoms with Crippen LogP contribution in [-0.2, 0) is 14.0 Å². The van der Waals surface area contributed by atoms with Crippen molar-refractivity contribution in [2.75, 3.05) is 32.9 Å². The second-order valence-corrected chi connectivity index (χ2v) is 12.8. The topological polar surface area (TPSA) is 38.8 Å². The van der Waals surface area contributed by atoms with Crippen LogP contribution in [0.3, 0.4) is 0 Å². The van der Waals surface area contributed by atoms with Crippen LogP contribution >= 0.6 is 0 Å². The van der Waals surface area contributed by atoms with Gasteiger partial charge in [0.05, 0.1) is 13.2 Å². The molecule has 1 heterocycles. The number of hydrogen-bond acceptors (Lipinski definition) is 3. The van der Waals surface area contributed by atoms with Crippen molar-refractivity contribution in [1.82, 2.24) is 4.90 Å². The van der Waals surface area contributed by atoms with E-state index in [1.54, 1.807) is 6.08 Å². The van der Waals surface area contributed by atoms with Crippen LogP contribution in [0.15, 0.2) is 12.2 Å². The minimum Gasteiger partial charge on any atom is -0.417 e. The number of nitrogens with zero attached hydrogens (tertiary/aromatic N) is 1. The third kappa shape index (κ3) is 7.19. The number of morpholine rings is 1. The molecule has 1 rings (SSSR count). The van der Waals surface area contributed by atoms with Gasteiger partial charge in [-0.15, -0.1) is 0 Å². The lowest BCUT2D eigenvalue weighted by Crippen LogP contribution is -2.41.